The summed E-state index contributed by atoms with van der Waals surface area (Å²) in [6.07, 6.45) is 3.73. The number of carboxylic acid groups (broad SMARTS) is 1. The predicted molar refractivity (Wildman–Crippen MR) is 65.9 cm³/mol. The van der Waals surface area contributed by atoms with E-state index in [1.165, 1.54) is 17.5 Å². The van der Waals surface area contributed by atoms with Gasteiger partial charge < -0.3 is 14.7 Å². The average molecular weight is 256 g/mol. The van der Waals surface area contributed by atoms with Gasteiger partial charge in [0.15, 0.2) is 5.13 Å². The Bertz CT molecular complexity index is 386. The highest BCUT2D eigenvalue weighted by molar-refractivity contribution is 7.17. The van der Waals surface area contributed by atoms with Gasteiger partial charge in [0.25, 0.3) is 0 Å². The van der Waals surface area contributed by atoms with Crippen LogP contribution in [0.25, 0.3) is 0 Å². The summed E-state index contributed by atoms with van der Waals surface area (Å²) in [5.41, 5.74) is 0. The Balaban J connectivity index is 1.93. The number of thiazole rings is 1. The van der Waals surface area contributed by atoms with Gasteiger partial charge in [-0.3, -0.25) is 0 Å². The molecule has 17 heavy (non-hydrogen) atoms. The molecule has 2 rings (SSSR count). The van der Waals surface area contributed by atoms with Crippen LogP contribution in [0.1, 0.15) is 29.4 Å². The fourth-order valence-electron chi connectivity index (χ4n) is 1.96. The maximum Gasteiger partial charge on any atom is 0.347 e. The maximum absolute atomic E-state index is 10.8. The van der Waals surface area contributed by atoms with Gasteiger partial charge in [-0.25, -0.2) is 9.78 Å². The van der Waals surface area contributed by atoms with Crippen molar-refractivity contribution in [2.75, 3.05) is 24.6 Å². The van der Waals surface area contributed by atoms with E-state index in [0.717, 1.165) is 37.7 Å². The number of anilines is 1. The van der Waals surface area contributed by atoms with E-state index < -0.39 is 5.97 Å². The minimum Gasteiger partial charge on any atom is -0.477 e. The summed E-state index contributed by atoms with van der Waals surface area (Å²) in [5.74, 6) is -0.905. The summed E-state index contributed by atoms with van der Waals surface area (Å²) in [5, 5.41) is 9.64. The largest absolute Gasteiger partial charge is 0.477 e. The van der Waals surface area contributed by atoms with Crippen molar-refractivity contribution >= 4 is 22.4 Å². The lowest BCUT2D eigenvalue weighted by Crippen LogP contribution is -2.36. The third kappa shape index (κ3) is 2.95. The first-order valence-electron chi connectivity index (χ1n) is 5.76. The Kier molecular flexibility index (Phi) is 3.96. The van der Waals surface area contributed by atoms with E-state index in [9.17, 15) is 4.79 Å². The first-order valence-corrected chi connectivity index (χ1v) is 6.58. The first kappa shape index (κ1) is 12.3. The molecule has 1 aromatic rings. The van der Waals surface area contributed by atoms with Crippen molar-refractivity contribution in [2.24, 2.45) is 0 Å². The standard InChI is InChI=1S/C11H16N2O3S/c1-2-16-8-3-5-13(6-4-8)11-12-7-9(17-11)10(14)15/h7-8H,2-6H2,1H3,(H,14,15). The van der Waals surface area contributed by atoms with Crippen LogP contribution in [-0.4, -0.2) is 41.9 Å². The molecule has 6 heteroatoms. The Hall–Kier alpha value is -1.14. The minimum atomic E-state index is -0.905. The van der Waals surface area contributed by atoms with E-state index in [2.05, 4.69) is 9.88 Å². The molecule has 1 saturated heterocycles. The Labute approximate surface area is 104 Å². The second-order valence-corrected chi connectivity index (χ2v) is 4.96. The van der Waals surface area contributed by atoms with E-state index in [-0.39, 0.29) is 0 Å². The number of carbonyl (C=O) groups is 1. The van der Waals surface area contributed by atoms with Crippen LogP contribution in [0, 0.1) is 0 Å². The molecule has 0 amide bonds. The molecule has 0 bridgehead atoms. The van der Waals surface area contributed by atoms with Crippen molar-refractivity contribution in [2.45, 2.75) is 25.9 Å². The molecule has 2 heterocycles. The summed E-state index contributed by atoms with van der Waals surface area (Å²) in [4.78, 5) is 17.4. The van der Waals surface area contributed by atoms with Crippen LogP contribution >= 0.6 is 11.3 Å². The molecule has 0 saturated carbocycles. The van der Waals surface area contributed by atoms with E-state index in [0.29, 0.717) is 11.0 Å². The molecule has 0 unspecified atom stereocenters. The van der Waals surface area contributed by atoms with Crippen LogP contribution in [0.15, 0.2) is 6.20 Å². The highest BCUT2D eigenvalue weighted by Gasteiger charge is 2.22. The lowest BCUT2D eigenvalue weighted by molar-refractivity contribution is 0.0459. The third-order valence-corrected chi connectivity index (χ3v) is 3.87. The van der Waals surface area contributed by atoms with E-state index in [4.69, 9.17) is 9.84 Å². The molecule has 0 atom stereocenters. The van der Waals surface area contributed by atoms with Crippen molar-refractivity contribution in [3.63, 3.8) is 0 Å². The fraction of sp³-hybridized carbons (Fsp3) is 0.636. The summed E-state index contributed by atoms with van der Waals surface area (Å²) >= 11 is 1.24. The number of piperidine rings is 1. The van der Waals surface area contributed by atoms with Crippen LogP contribution in [-0.2, 0) is 4.74 Å². The lowest BCUT2D eigenvalue weighted by Gasteiger charge is -2.31. The molecule has 94 valence electrons. The van der Waals surface area contributed by atoms with Gasteiger partial charge in [0.05, 0.1) is 12.3 Å². The van der Waals surface area contributed by atoms with Gasteiger partial charge in [0, 0.05) is 19.7 Å². The van der Waals surface area contributed by atoms with Crippen molar-refractivity contribution < 1.29 is 14.6 Å². The quantitative estimate of drug-likeness (QED) is 0.890. The van der Waals surface area contributed by atoms with E-state index >= 15 is 0 Å². The molecule has 1 N–H and O–H groups in total. The topological polar surface area (TPSA) is 62.7 Å². The van der Waals surface area contributed by atoms with Gasteiger partial charge in [0.1, 0.15) is 4.88 Å². The van der Waals surface area contributed by atoms with Crippen molar-refractivity contribution in [1.82, 2.24) is 4.98 Å². The number of ether oxygens (including phenoxy) is 1. The molecule has 1 aliphatic rings. The molecule has 1 aliphatic heterocycles. The van der Waals surface area contributed by atoms with Gasteiger partial charge >= 0.3 is 5.97 Å². The predicted octanol–water partition coefficient (Wildman–Crippen LogP) is 1.85. The third-order valence-electron chi connectivity index (χ3n) is 2.82. The molecule has 0 radical (unpaired) electrons. The Morgan fingerprint density at radius 1 is 1.65 bits per heavy atom. The molecule has 1 aromatic heterocycles. The van der Waals surface area contributed by atoms with Crippen LogP contribution in [0.4, 0.5) is 5.13 Å². The molecule has 1 fully saturated rings. The molecular formula is C11H16N2O3S. The highest BCUT2D eigenvalue weighted by Crippen LogP contribution is 2.26. The van der Waals surface area contributed by atoms with E-state index in [1.54, 1.807) is 0 Å². The summed E-state index contributed by atoms with van der Waals surface area (Å²) < 4.78 is 5.57. The van der Waals surface area contributed by atoms with E-state index in [1.807, 2.05) is 6.92 Å². The SMILES string of the molecule is CCOC1CCN(c2ncc(C(=O)O)s2)CC1. The zero-order valence-electron chi connectivity index (χ0n) is 9.76. The minimum absolute atomic E-state index is 0.298. The monoisotopic (exact) mass is 256 g/mol. The number of carboxylic acids is 1. The molecule has 0 aliphatic carbocycles. The number of nitrogens with zero attached hydrogens (tertiary/aromatic N) is 2. The zero-order valence-corrected chi connectivity index (χ0v) is 10.6. The second kappa shape index (κ2) is 5.46. The van der Waals surface area contributed by atoms with Crippen LogP contribution < -0.4 is 4.90 Å². The number of rotatable bonds is 4. The first-order chi connectivity index (χ1) is 8.20. The smallest absolute Gasteiger partial charge is 0.347 e. The van der Waals surface area contributed by atoms with Gasteiger partial charge in [-0.05, 0) is 19.8 Å². The van der Waals surface area contributed by atoms with Crippen LogP contribution in [0.3, 0.4) is 0 Å². The van der Waals surface area contributed by atoms with Gasteiger partial charge in [-0.1, -0.05) is 11.3 Å². The normalized spacial score (nSPS) is 17.4. The molecule has 0 spiro atoms. The number of hydrogen-bond donors (Lipinski definition) is 1. The van der Waals surface area contributed by atoms with Crippen LogP contribution in [0.2, 0.25) is 0 Å². The van der Waals surface area contributed by atoms with Gasteiger partial charge in [-0.2, -0.15) is 0 Å². The summed E-state index contributed by atoms with van der Waals surface area (Å²) in [6.45, 7) is 4.53. The van der Waals surface area contributed by atoms with Gasteiger partial charge in [-0.15, -0.1) is 0 Å². The Morgan fingerprint density at radius 3 is 2.88 bits per heavy atom. The van der Waals surface area contributed by atoms with Crippen LogP contribution in [0.5, 0.6) is 0 Å². The Morgan fingerprint density at radius 2 is 2.35 bits per heavy atom. The van der Waals surface area contributed by atoms with Crippen molar-refractivity contribution in [1.29, 1.82) is 0 Å². The second-order valence-electron chi connectivity index (χ2n) is 3.95. The number of aromatic nitrogens is 1. The van der Waals surface area contributed by atoms with Gasteiger partial charge in [0.2, 0.25) is 0 Å². The summed E-state index contributed by atoms with van der Waals surface area (Å²) in [7, 11) is 0. The molecule has 5 nitrogen and oxygen atoms in total. The maximum atomic E-state index is 10.8. The van der Waals surface area contributed by atoms with Crippen molar-refractivity contribution in [3.05, 3.63) is 11.1 Å². The number of aromatic carboxylic acids is 1. The zero-order chi connectivity index (χ0) is 12.3. The molecule has 0 aromatic carbocycles. The average Bonchev–Trinajstić information content (AvgIpc) is 2.80. The lowest BCUT2D eigenvalue weighted by atomic mass is 10.1. The van der Waals surface area contributed by atoms with Crippen molar-refractivity contribution in [3.8, 4) is 0 Å². The number of hydrogen-bond acceptors (Lipinski definition) is 5. The molecular weight excluding hydrogens is 240 g/mol. The summed E-state index contributed by atoms with van der Waals surface area (Å²) in [6, 6.07) is 0. The highest BCUT2D eigenvalue weighted by atomic mass is 32.1. The fourth-order valence-corrected chi connectivity index (χ4v) is 2.77.